The molecule has 5 aliphatic rings. The second kappa shape index (κ2) is 21.2. The first kappa shape index (κ1) is 62.3. The Morgan fingerprint density at radius 2 is 0.598 bits per heavy atom. The van der Waals surface area contributed by atoms with Crippen LogP contribution in [-0.4, -0.2) is 6.71 Å². The van der Waals surface area contributed by atoms with Crippen molar-refractivity contribution in [2.24, 2.45) is 0 Å². The number of ether oxygens (including phenoxy) is 3. The minimum absolute atomic E-state index is 0.0310. The smallest absolute Gasteiger partial charge is 0.252 e. The van der Waals surface area contributed by atoms with Crippen LogP contribution in [0.2, 0.25) is 0 Å². The maximum absolute atomic E-state index is 7.30. The van der Waals surface area contributed by atoms with Crippen LogP contribution in [0.1, 0.15) is 180 Å². The van der Waals surface area contributed by atoms with E-state index in [4.69, 9.17) is 14.2 Å². The standard InChI is InChI=1S/C91H89BN2O3/c1-85(2,3)58-36-31-54(32-37-58)62-48-60(87(7,8)9)40-43-72(62)93-74-50-68-82(96-79-29-23-20-26-65(79)90(68,15)16)52-70(74)92-71-53-83-69(91(17,18)66-27-21-24-30-80(66)97-83)51-75(71)94(73-44-41-61(88(10,11)12)49-63(73)55-33-38-59(39-34-55)86(4,5)6)77-46-57(45-76(93)84(77)92)56-35-42-67-81(47-56)95-78-28-22-19-25-64(78)89(67,13)14/h19-53H,1-18H3. The second-order valence-electron chi connectivity index (χ2n) is 33.8. The van der Waals surface area contributed by atoms with E-state index >= 15 is 0 Å². The van der Waals surface area contributed by atoms with Crippen molar-refractivity contribution < 1.29 is 14.2 Å². The highest BCUT2D eigenvalue weighted by Gasteiger charge is 2.49. The van der Waals surface area contributed by atoms with Gasteiger partial charge in [0.2, 0.25) is 0 Å². The molecule has 5 nitrogen and oxygen atoms in total. The lowest BCUT2D eigenvalue weighted by Gasteiger charge is -2.47. The van der Waals surface area contributed by atoms with Gasteiger partial charge < -0.3 is 24.0 Å². The lowest BCUT2D eigenvalue weighted by Crippen LogP contribution is -2.61. The van der Waals surface area contributed by atoms with E-state index < -0.39 is 10.8 Å². The molecular weight excluding hydrogens is 1180 g/mol. The van der Waals surface area contributed by atoms with E-state index in [-0.39, 0.29) is 33.8 Å². The highest BCUT2D eigenvalue weighted by atomic mass is 16.5. The number of benzene rings is 11. The Balaban J connectivity index is 1.06. The molecule has 484 valence electrons. The molecule has 0 amide bonds. The molecule has 0 bridgehead atoms. The van der Waals surface area contributed by atoms with E-state index in [1.807, 2.05) is 0 Å². The van der Waals surface area contributed by atoms with Crippen LogP contribution in [0, 0.1) is 0 Å². The maximum Gasteiger partial charge on any atom is 0.252 e. The predicted molar refractivity (Wildman–Crippen MR) is 408 cm³/mol. The quantitative estimate of drug-likeness (QED) is 0.160. The molecule has 0 fully saturated rings. The molecule has 0 aromatic heterocycles. The summed E-state index contributed by atoms with van der Waals surface area (Å²) in [5.41, 5.74) is 27.5. The van der Waals surface area contributed by atoms with E-state index in [1.54, 1.807) is 0 Å². The van der Waals surface area contributed by atoms with Gasteiger partial charge in [0.05, 0.1) is 11.4 Å². The first-order chi connectivity index (χ1) is 45.8. The van der Waals surface area contributed by atoms with Gasteiger partial charge in [0.15, 0.2) is 0 Å². The van der Waals surface area contributed by atoms with E-state index in [9.17, 15) is 0 Å². The lowest BCUT2D eigenvalue weighted by molar-refractivity contribution is 0.418. The van der Waals surface area contributed by atoms with Crippen molar-refractivity contribution in [3.05, 3.63) is 268 Å². The summed E-state index contributed by atoms with van der Waals surface area (Å²) in [5, 5.41) is 0. The van der Waals surface area contributed by atoms with Crippen LogP contribution in [0.4, 0.5) is 34.1 Å². The van der Waals surface area contributed by atoms with Crippen LogP contribution in [-0.2, 0) is 37.9 Å². The van der Waals surface area contributed by atoms with Crippen molar-refractivity contribution in [1.29, 1.82) is 0 Å². The molecule has 16 rings (SSSR count). The monoisotopic (exact) mass is 1270 g/mol. The van der Waals surface area contributed by atoms with Crippen molar-refractivity contribution >= 4 is 57.2 Å². The van der Waals surface area contributed by atoms with Crippen LogP contribution in [0.25, 0.3) is 33.4 Å². The molecule has 0 atom stereocenters. The summed E-state index contributed by atoms with van der Waals surface area (Å²) in [4.78, 5) is 5.29. The average Bonchev–Trinajstić information content (AvgIpc) is 0.681. The molecule has 5 aliphatic heterocycles. The topological polar surface area (TPSA) is 34.2 Å². The number of hydrogen-bond donors (Lipinski definition) is 0. The zero-order valence-corrected chi connectivity index (χ0v) is 59.9. The van der Waals surface area contributed by atoms with Gasteiger partial charge in [-0.2, -0.15) is 0 Å². The normalized spacial score (nSPS) is 15.8. The molecule has 5 heterocycles. The molecule has 6 heteroatoms. The first-order valence-electron chi connectivity index (χ1n) is 35.0. The van der Waals surface area contributed by atoms with Crippen molar-refractivity contribution in [3.8, 4) is 67.9 Å². The van der Waals surface area contributed by atoms with Gasteiger partial charge in [-0.05, 0) is 167 Å². The number of fused-ring (bicyclic) bond motifs is 10. The minimum Gasteiger partial charge on any atom is -0.457 e. The van der Waals surface area contributed by atoms with Crippen LogP contribution >= 0.6 is 0 Å². The third-order valence-corrected chi connectivity index (χ3v) is 22.3. The molecule has 0 saturated carbocycles. The Hall–Kier alpha value is -9.52. The second-order valence-corrected chi connectivity index (χ2v) is 33.8. The summed E-state index contributed by atoms with van der Waals surface area (Å²) < 4.78 is 21.7. The Morgan fingerprint density at radius 3 is 0.979 bits per heavy atom. The van der Waals surface area contributed by atoms with Gasteiger partial charge in [-0.1, -0.05) is 252 Å². The van der Waals surface area contributed by atoms with E-state index in [2.05, 4.69) is 347 Å². The largest absolute Gasteiger partial charge is 0.457 e. The van der Waals surface area contributed by atoms with Gasteiger partial charge in [0.25, 0.3) is 6.71 Å². The molecule has 11 aromatic carbocycles. The molecule has 0 unspecified atom stereocenters. The van der Waals surface area contributed by atoms with E-state index in [0.717, 1.165) is 141 Å². The van der Waals surface area contributed by atoms with Gasteiger partial charge in [-0.3, -0.25) is 0 Å². The van der Waals surface area contributed by atoms with Crippen LogP contribution < -0.4 is 40.4 Å². The predicted octanol–water partition coefficient (Wildman–Crippen LogP) is 23.3. The highest BCUT2D eigenvalue weighted by molar-refractivity contribution is 7.00. The van der Waals surface area contributed by atoms with Crippen molar-refractivity contribution in [1.82, 2.24) is 0 Å². The van der Waals surface area contributed by atoms with Gasteiger partial charge in [0, 0.05) is 83.5 Å². The minimum atomic E-state index is -0.427. The van der Waals surface area contributed by atoms with E-state index in [1.165, 1.54) is 33.3 Å². The molecule has 11 aromatic rings. The number of para-hydroxylation sites is 3. The molecule has 0 saturated heterocycles. The van der Waals surface area contributed by atoms with Gasteiger partial charge in [0.1, 0.15) is 34.5 Å². The Kier molecular flexibility index (Phi) is 13.6. The number of rotatable bonds is 5. The highest BCUT2D eigenvalue weighted by Crippen LogP contribution is 2.58. The zero-order chi connectivity index (χ0) is 68.0. The Bertz CT molecular complexity index is 4830. The molecule has 0 N–H and O–H groups in total. The van der Waals surface area contributed by atoms with Gasteiger partial charge >= 0.3 is 0 Å². The molecule has 0 spiro atoms. The van der Waals surface area contributed by atoms with Crippen molar-refractivity contribution in [2.45, 2.75) is 163 Å². The summed E-state index contributed by atoms with van der Waals surface area (Å²) >= 11 is 0. The number of anilines is 6. The summed E-state index contributed by atoms with van der Waals surface area (Å²) in [6.07, 6.45) is 0. The average molecular weight is 1270 g/mol. The fourth-order valence-electron chi connectivity index (χ4n) is 16.3. The summed E-state index contributed by atoms with van der Waals surface area (Å²) in [6, 6.07) is 80.9. The number of nitrogens with zero attached hydrogens (tertiary/aromatic N) is 2. The maximum atomic E-state index is 7.30. The van der Waals surface area contributed by atoms with Crippen molar-refractivity contribution in [3.63, 3.8) is 0 Å². The molecule has 97 heavy (non-hydrogen) atoms. The van der Waals surface area contributed by atoms with Gasteiger partial charge in [-0.15, -0.1) is 0 Å². The lowest BCUT2D eigenvalue weighted by atomic mass is 9.33. The zero-order valence-electron chi connectivity index (χ0n) is 59.9. The van der Waals surface area contributed by atoms with Crippen LogP contribution in [0.3, 0.4) is 0 Å². The molecular formula is C91H89BN2O3. The third kappa shape index (κ3) is 9.84. The van der Waals surface area contributed by atoms with Crippen LogP contribution in [0.15, 0.2) is 212 Å². The summed E-state index contributed by atoms with van der Waals surface area (Å²) in [6.45, 7) is 41.6. The fraction of sp³-hybridized carbons (Fsp3) is 0.275. The van der Waals surface area contributed by atoms with Gasteiger partial charge in [-0.25, -0.2) is 0 Å². The molecule has 0 aliphatic carbocycles. The third-order valence-electron chi connectivity index (χ3n) is 22.3. The Morgan fingerprint density at radius 1 is 0.268 bits per heavy atom. The first-order valence-corrected chi connectivity index (χ1v) is 35.0. The van der Waals surface area contributed by atoms with Crippen molar-refractivity contribution in [2.75, 3.05) is 9.80 Å². The van der Waals surface area contributed by atoms with E-state index in [0.29, 0.717) is 0 Å². The summed E-state index contributed by atoms with van der Waals surface area (Å²) in [5.74, 6) is 5.28. The fourth-order valence-corrected chi connectivity index (χ4v) is 16.3. The number of hydrogen-bond acceptors (Lipinski definition) is 5. The molecule has 0 radical (unpaired) electrons. The SMILES string of the molecule is CC(C)(C)c1ccc(-c2cc(C(C)(C)C)ccc2N2c3cc4c(cc3B3c5cc6c(cc5N(c5ccc(C(C)(C)C)cc5-c5ccc(C(C)(C)C)cc5)c5cc(-c7ccc8c(c7)Oc7ccccc7C8(C)C)cc2c53)C(C)(C)c2ccccc2O6)Oc2ccccc2C4(C)C)cc1. The Labute approximate surface area is 576 Å². The summed E-state index contributed by atoms with van der Waals surface area (Å²) in [7, 11) is 0. The van der Waals surface area contributed by atoms with Crippen LogP contribution in [0.5, 0.6) is 34.5 Å².